The highest BCUT2D eigenvalue weighted by molar-refractivity contribution is 7.80. The van der Waals surface area contributed by atoms with Crippen molar-refractivity contribution in [3.05, 3.63) is 23.8 Å². The van der Waals surface area contributed by atoms with Gasteiger partial charge in [0, 0.05) is 18.0 Å². The average molecular weight is 195 g/mol. The Balaban J connectivity index is 2.59. The van der Waals surface area contributed by atoms with Crippen molar-refractivity contribution in [3.63, 3.8) is 0 Å². The third-order valence-electron chi connectivity index (χ3n) is 1.19. The molecule has 1 aromatic rings. The summed E-state index contributed by atoms with van der Waals surface area (Å²) in [7, 11) is 0. The lowest BCUT2D eigenvalue weighted by Gasteiger charge is -1.94. The predicted octanol–water partition coefficient (Wildman–Crippen LogP) is -0.0479. The fourth-order valence-electron chi connectivity index (χ4n) is 0.640. The number of nitrogens with one attached hydrogen (secondary N) is 1. The highest BCUT2D eigenvalue weighted by Gasteiger charge is 1.88. The summed E-state index contributed by atoms with van der Waals surface area (Å²) in [4.78, 5) is 7.97. The molecule has 1 heterocycles. The molecule has 3 N–H and O–H groups in total. The van der Waals surface area contributed by atoms with Gasteiger partial charge in [-0.25, -0.2) is 9.97 Å². The van der Waals surface area contributed by atoms with Crippen LogP contribution in [-0.4, -0.2) is 21.3 Å². The maximum absolute atomic E-state index is 5.16. The molecule has 1 rings (SSSR count). The third-order valence-corrected chi connectivity index (χ3v) is 1.28. The molecule has 0 aromatic carbocycles. The number of rotatable bonds is 2. The van der Waals surface area contributed by atoms with Gasteiger partial charge in [0.05, 0.1) is 6.21 Å². The van der Waals surface area contributed by atoms with Gasteiger partial charge in [-0.3, -0.25) is 5.43 Å². The van der Waals surface area contributed by atoms with E-state index >= 15 is 0 Å². The molecule has 0 aliphatic carbocycles. The smallest absolute Gasteiger partial charge is 0.184 e. The van der Waals surface area contributed by atoms with Crippen molar-refractivity contribution in [1.29, 1.82) is 0 Å². The SMILES string of the molecule is Cc1ncc(/C=N\NC(N)=S)cn1. The van der Waals surface area contributed by atoms with Crippen molar-refractivity contribution in [3.8, 4) is 0 Å². The second-order valence-corrected chi connectivity index (χ2v) is 2.74. The molecule has 0 saturated carbocycles. The van der Waals surface area contributed by atoms with Gasteiger partial charge < -0.3 is 5.73 Å². The van der Waals surface area contributed by atoms with Gasteiger partial charge in [0.1, 0.15) is 5.82 Å². The van der Waals surface area contributed by atoms with E-state index in [1.54, 1.807) is 18.6 Å². The van der Waals surface area contributed by atoms with Crippen molar-refractivity contribution in [1.82, 2.24) is 15.4 Å². The van der Waals surface area contributed by atoms with Crippen LogP contribution >= 0.6 is 12.2 Å². The Hall–Kier alpha value is -1.56. The number of aromatic nitrogens is 2. The summed E-state index contributed by atoms with van der Waals surface area (Å²) in [6.07, 6.45) is 4.86. The van der Waals surface area contributed by atoms with Gasteiger partial charge in [0.25, 0.3) is 0 Å². The van der Waals surface area contributed by atoms with Crippen LogP contribution in [0.25, 0.3) is 0 Å². The molecule has 0 spiro atoms. The first-order valence-corrected chi connectivity index (χ1v) is 3.96. The first-order chi connectivity index (χ1) is 6.18. The Kier molecular flexibility index (Phi) is 3.27. The maximum Gasteiger partial charge on any atom is 0.184 e. The molecule has 0 bridgehead atoms. The van der Waals surface area contributed by atoms with Gasteiger partial charge in [0.2, 0.25) is 0 Å². The van der Waals surface area contributed by atoms with Gasteiger partial charge in [-0.05, 0) is 19.1 Å². The van der Waals surface area contributed by atoms with Crippen molar-refractivity contribution >= 4 is 23.5 Å². The standard InChI is InChI=1S/C7H9N5S/c1-5-9-2-6(3-10-5)4-11-12-7(8)13/h2-4H,1H3,(H3,8,12,13)/b11-4-. The Bertz CT molecular complexity index is 318. The first-order valence-electron chi connectivity index (χ1n) is 3.55. The molecule has 1 aromatic heterocycles. The minimum Gasteiger partial charge on any atom is -0.375 e. The molecule has 0 atom stereocenters. The van der Waals surface area contributed by atoms with Crippen LogP contribution in [0.2, 0.25) is 0 Å². The Labute approximate surface area is 81.1 Å². The van der Waals surface area contributed by atoms with Crippen molar-refractivity contribution in [2.24, 2.45) is 10.8 Å². The van der Waals surface area contributed by atoms with Crippen LogP contribution in [0, 0.1) is 6.92 Å². The van der Waals surface area contributed by atoms with Crippen LogP contribution in [0.3, 0.4) is 0 Å². The van der Waals surface area contributed by atoms with Crippen molar-refractivity contribution < 1.29 is 0 Å². The van der Waals surface area contributed by atoms with Crippen LogP contribution in [-0.2, 0) is 0 Å². The lowest BCUT2D eigenvalue weighted by molar-refractivity contribution is 1.03. The zero-order chi connectivity index (χ0) is 9.68. The second-order valence-electron chi connectivity index (χ2n) is 2.30. The summed E-state index contributed by atoms with van der Waals surface area (Å²) >= 11 is 4.55. The van der Waals surface area contributed by atoms with E-state index in [0.29, 0.717) is 0 Å². The van der Waals surface area contributed by atoms with Gasteiger partial charge in [-0.2, -0.15) is 5.10 Å². The third kappa shape index (κ3) is 3.57. The summed E-state index contributed by atoms with van der Waals surface area (Å²) in [5.74, 6) is 0.722. The molecule has 0 aliphatic heterocycles. The number of aryl methyl sites for hydroxylation is 1. The highest BCUT2D eigenvalue weighted by atomic mass is 32.1. The van der Waals surface area contributed by atoms with Gasteiger partial charge >= 0.3 is 0 Å². The number of thiocarbonyl (C=S) groups is 1. The normalized spacial score (nSPS) is 10.2. The van der Waals surface area contributed by atoms with E-state index in [1.807, 2.05) is 6.92 Å². The van der Waals surface area contributed by atoms with Gasteiger partial charge in [-0.1, -0.05) is 0 Å². The monoisotopic (exact) mass is 195 g/mol. The fourth-order valence-corrected chi connectivity index (χ4v) is 0.692. The van der Waals surface area contributed by atoms with Crippen molar-refractivity contribution in [2.45, 2.75) is 6.92 Å². The van der Waals surface area contributed by atoms with E-state index in [0.717, 1.165) is 11.4 Å². The second kappa shape index (κ2) is 4.46. The van der Waals surface area contributed by atoms with Crippen LogP contribution < -0.4 is 11.2 Å². The summed E-state index contributed by atoms with van der Waals surface area (Å²) in [6, 6.07) is 0. The quantitative estimate of drug-likeness (QED) is 0.393. The number of nitrogens with two attached hydrogens (primary N) is 1. The van der Waals surface area contributed by atoms with Crippen LogP contribution in [0.4, 0.5) is 0 Å². The molecule has 0 saturated heterocycles. The number of hydrogen-bond acceptors (Lipinski definition) is 4. The molecule has 68 valence electrons. The van der Waals surface area contributed by atoms with Crippen molar-refractivity contribution in [2.75, 3.05) is 0 Å². The maximum atomic E-state index is 5.16. The minimum absolute atomic E-state index is 0.129. The predicted molar refractivity (Wildman–Crippen MR) is 54.3 cm³/mol. The molecule has 0 aliphatic rings. The number of hydrogen-bond donors (Lipinski definition) is 2. The summed E-state index contributed by atoms with van der Waals surface area (Å²) in [6.45, 7) is 1.81. The first kappa shape index (κ1) is 9.53. The summed E-state index contributed by atoms with van der Waals surface area (Å²) in [5.41, 5.74) is 8.37. The summed E-state index contributed by atoms with van der Waals surface area (Å²) < 4.78 is 0. The van der Waals surface area contributed by atoms with Crippen LogP contribution in [0.15, 0.2) is 17.5 Å². The van der Waals surface area contributed by atoms with E-state index in [9.17, 15) is 0 Å². The summed E-state index contributed by atoms with van der Waals surface area (Å²) in [5, 5.41) is 3.88. The van der Waals surface area contributed by atoms with E-state index in [-0.39, 0.29) is 5.11 Å². The Morgan fingerprint density at radius 2 is 2.23 bits per heavy atom. The van der Waals surface area contributed by atoms with Crippen LogP contribution in [0.1, 0.15) is 11.4 Å². The number of hydrazone groups is 1. The molecule has 0 amide bonds. The van der Waals surface area contributed by atoms with Crippen LogP contribution in [0.5, 0.6) is 0 Å². The Morgan fingerprint density at radius 1 is 1.62 bits per heavy atom. The van der Waals surface area contributed by atoms with E-state index in [1.165, 1.54) is 0 Å². The highest BCUT2D eigenvalue weighted by Crippen LogP contribution is 1.90. The fraction of sp³-hybridized carbons (Fsp3) is 0.143. The van der Waals surface area contributed by atoms with Gasteiger partial charge in [-0.15, -0.1) is 0 Å². The lowest BCUT2D eigenvalue weighted by atomic mass is 10.4. The Morgan fingerprint density at radius 3 is 2.77 bits per heavy atom. The van der Waals surface area contributed by atoms with E-state index in [2.05, 4.69) is 32.7 Å². The van der Waals surface area contributed by atoms with Gasteiger partial charge in [0.15, 0.2) is 5.11 Å². The molecule has 5 nitrogen and oxygen atoms in total. The molecule has 0 unspecified atom stereocenters. The molecule has 0 fully saturated rings. The average Bonchev–Trinajstić information content (AvgIpc) is 2.08. The molecular weight excluding hydrogens is 186 g/mol. The van der Waals surface area contributed by atoms with E-state index < -0.39 is 0 Å². The topological polar surface area (TPSA) is 76.2 Å². The molecule has 0 radical (unpaired) electrons. The molecule has 6 heteroatoms. The van der Waals surface area contributed by atoms with E-state index in [4.69, 9.17) is 5.73 Å². The zero-order valence-corrected chi connectivity index (χ0v) is 7.88. The lowest BCUT2D eigenvalue weighted by Crippen LogP contribution is -2.24. The zero-order valence-electron chi connectivity index (χ0n) is 7.06. The molecule has 13 heavy (non-hydrogen) atoms. The minimum atomic E-state index is 0.129. The number of nitrogens with zero attached hydrogens (tertiary/aromatic N) is 3. The largest absolute Gasteiger partial charge is 0.375 e. The molecular formula is C7H9N5S.